The lowest BCUT2D eigenvalue weighted by Gasteiger charge is -2.21. The van der Waals surface area contributed by atoms with Gasteiger partial charge in [0.2, 0.25) is 0 Å². The molecule has 1 aliphatic rings. The van der Waals surface area contributed by atoms with Gasteiger partial charge in [-0.1, -0.05) is 24.3 Å². The third kappa shape index (κ3) is 4.11. The molecule has 2 aromatic carbocycles. The first kappa shape index (κ1) is 18.9. The summed E-state index contributed by atoms with van der Waals surface area (Å²) in [5.41, 5.74) is 2.74. The number of para-hydroxylation sites is 1. The van der Waals surface area contributed by atoms with Gasteiger partial charge in [-0.3, -0.25) is 14.4 Å². The number of rotatable bonds is 4. The molecule has 0 saturated carbocycles. The molecule has 5 nitrogen and oxygen atoms in total. The van der Waals surface area contributed by atoms with Crippen LogP contribution in [0, 0.1) is 0 Å². The number of fused-ring (bicyclic) bond motifs is 1. The Kier molecular flexibility index (Phi) is 5.18. The van der Waals surface area contributed by atoms with Crippen molar-refractivity contribution in [2.75, 3.05) is 11.4 Å². The third-order valence-electron chi connectivity index (χ3n) is 4.28. The van der Waals surface area contributed by atoms with Crippen molar-refractivity contribution < 1.29 is 27.6 Å². The molecule has 0 aromatic heterocycles. The smallest absolute Gasteiger partial charge is 0.309 e. The van der Waals surface area contributed by atoms with E-state index in [1.165, 1.54) is 13.0 Å². The van der Waals surface area contributed by atoms with E-state index in [1.807, 2.05) is 24.3 Å². The van der Waals surface area contributed by atoms with E-state index in [0.717, 1.165) is 35.9 Å². The van der Waals surface area contributed by atoms with Crippen molar-refractivity contribution in [1.29, 1.82) is 0 Å². The quantitative estimate of drug-likeness (QED) is 0.831. The first-order valence-corrected chi connectivity index (χ1v) is 8.30. The molecule has 2 amide bonds. The number of nitrogens with one attached hydrogen (secondary N) is 1. The number of amides is 2. The largest absolute Gasteiger partial charge is 0.416 e. The third-order valence-corrected chi connectivity index (χ3v) is 4.28. The second kappa shape index (κ2) is 7.40. The highest BCUT2D eigenvalue weighted by Crippen LogP contribution is 2.30. The van der Waals surface area contributed by atoms with Crippen LogP contribution in [0.2, 0.25) is 0 Å². The average Bonchev–Trinajstić information content (AvgIpc) is 3.08. The Labute approximate surface area is 153 Å². The summed E-state index contributed by atoms with van der Waals surface area (Å²) in [7, 11) is 0. The van der Waals surface area contributed by atoms with E-state index in [0.29, 0.717) is 6.54 Å². The molecular formula is C19H17F3N2O3. The van der Waals surface area contributed by atoms with Crippen LogP contribution in [-0.2, 0) is 22.2 Å². The number of hydrogen-bond donors (Lipinski definition) is 1. The zero-order valence-corrected chi connectivity index (χ0v) is 14.4. The first-order chi connectivity index (χ1) is 12.8. The van der Waals surface area contributed by atoms with Gasteiger partial charge in [-0.15, -0.1) is 0 Å². The van der Waals surface area contributed by atoms with Crippen molar-refractivity contribution in [2.24, 2.45) is 0 Å². The van der Waals surface area contributed by atoms with E-state index in [-0.39, 0.29) is 11.5 Å². The van der Waals surface area contributed by atoms with Crippen molar-refractivity contribution >= 4 is 17.5 Å². The van der Waals surface area contributed by atoms with Crippen LogP contribution < -0.4 is 10.4 Å². The average molecular weight is 378 g/mol. The fraction of sp³-hybridized carbons (Fsp3) is 0.263. The maximum Gasteiger partial charge on any atom is 0.416 e. The summed E-state index contributed by atoms with van der Waals surface area (Å²) in [6, 6.07) is 11.4. The van der Waals surface area contributed by atoms with Crippen LogP contribution in [-0.4, -0.2) is 24.5 Å². The van der Waals surface area contributed by atoms with Gasteiger partial charge in [0.25, 0.3) is 11.8 Å². The monoisotopic (exact) mass is 378 g/mol. The van der Waals surface area contributed by atoms with Crippen LogP contribution in [0.1, 0.15) is 28.4 Å². The highest BCUT2D eigenvalue weighted by atomic mass is 19.4. The molecular weight excluding hydrogens is 361 g/mol. The van der Waals surface area contributed by atoms with Crippen molar-refractivity contribution in [2.45, 2.75) is 25.6 Å². The number of hydroxylamine groups is 1. The molecule has 1 atom stereocenters. The molecule has 27 heavy (non-hydrogen) atoms. The van der Waals surface area contributed by atoms with E-state index < -0.39 is 23.8 Å². The Morgan fingerprint density at radius 1 is 1.15 bits per heavy atom. The molecule has 0 bridgehead atoms. The summed E-state index contributed by atoms with van der Waals surface area (Å²) >= 11 is 0. The lowest BCUT2D eigenvalue weighted by Crippen LogP contribution is -2.41. The van der Waals surface area contributed by atoms with Gasteiger partial charge in [0, 0.05) is 17.8 Å². The van der Waals surface area contributed by atoms with Crippen LogP contribution in [0.25, 0.3) is 0 Å². The maximum absolute atomic E-state index is 12.7. The zero-order valence-electron chi connectivity index (χ0n) is 14.4. The van der Waals surface area contributed by atoms with Crippen LogP contribution in [0.5, 0.6) is 0 Å². The van der Waals surface area contributed by atoms with Crippen LogP contribution in [0.3, 0.4) is 0 Å². The second-order valence-corrected chi connectivity index (χ2v) is 6.14. The molecule has 0 saturated heterocycles. The highest BCUT2D eigenvalue weighted by molar-refractivity contribution is 5.98. The van der Waals surface area contributed by atoms with Crippen molar-refractivity contribution in [3.05, 3.63) is 65.2 Å². The summed E-state index contributed by atoms with van der Waals surface area (Å²) in [6.45, 7) is 1.98. The van der Waals surface area contributed by atoms with Gasteiger partial charge in [-0.25, -0.2) is 5.48 Å². The standard InChI is InChI=1S/C19H17F3N2O3/c1-12(18(26)24-10-9-13-5-2-3-8-16(13)24)27-23-17(25)14-6-4-7-15(11-14)19(20,21)22/h2-8,11-12H,9-10H2,1H3,(H,23,25). The van der Waals surface area contributed by atoms with Gasteiger partial charge in [0.15, 0.2) is 6.10 Å². The minimum absolute atomic E-state index is 0.212. The fourth-order valence-corrected chi connectivity index (χ4v) is 2.87. The maximum atomic E-state index is 12.7. The highest BCUT2D eigenvalue weighted by Gasteiger charge is 2.31. The van der Waals surface area contributed by atoms with Gasteiger partial charge in [0.1, 0.15) is 0 Å². The number of anilines is 1. The van der Waals surface area contributed by atoms with Crippen molar-refractivity contribution in [3.8, 4) is 0 Å². The zero-order chi connectivity index (χ0) is 19.6. The fourth-order valence-electron chi connectivity index (χ4n) is 2.87. The Morgan fingerprint density at radius 3 is 2.63 bits per heavy atom. The summed E-state index contributed by atoms with van der Waals surface area (Å²) in [4.78, 5) is 31.3. The Balaban J connectivity index is 1.62. The van der Waals surface area contributed by atoms with E-state index in [9.17, 15) is 22.8 Å². The number of carbonyl (C=O) groups is 2. The summed E-state index contributed by atoms with van der Waals surface area (Å²) in [6.07, 6.45) is -4.82. The van der Waals surface area contributed by atoms with E-state index >= 15 is 0 Å². The van der Waals surface area contributed by atoms with Gasteiger partial charge < -0.3 is 4.90 Å². The van der Waals surface area contributed by atoms with Crippen LogP contribution >= 0.6 is 0 Å². The van der Waals surface area contributed by atoms with E-state index in [4.69, 9.17) is 4.84 Å². The molecule has 0 fully saturated rings. The summed E-state index contributed by atoms with van der Waals surface area (Å²) < 4.78 is 38.2. The lowest BCUT2D eigenvalue weighted by atomic mass is 10.1. The second-order valence-electron chi connectivity index (χ2n) is 6.14. The lowest BCUT2D eigenvalue weighted by molar-refractivity contribution is -0.137. The Hall–Kier alpha value is -2.87. The van der Waals surface area contributed by atoms with Gasteiger partial charge in [-0.2, -0.15) is 13.2 Å². The first-order valence-electron chi connectivity index (χ1n) is 8.30. The Bertz CT molecular complexity index is 867. The number of carbonyl (C=O) groups excluding carboxylic acids is 2. The minimum Gasteiger partial charge on any atom is -0.309 e. The van der Waals surface area contributed by atoms with Crippen molar-refractivity contribution in [1.82, 2.24) is 5.48 Å². The molecule has 0 radical (unpaired) electrons. The normalized spacial score (nSPS) is 14.6. The number of benzene rings is 2. The van der Waals surface area contributed by atoms with Gasteiger partial charge in [-0.05, 0) is 43.2 Å². The molecule has 3 rings (SSSR count). The van der Waals surface area contributed by atoms with E-state index in [1.54, 1.807) is 4.90 Å². The van der Waals surface area contributed by atoms with Crippen LogP contribution in [0.4, 0.5) is 18.9 Å². The number of halogens is 3. The Morgan fingerprint density at radius 2 is 1.89 bits per heavy atom. The summed E-state index contributed by atoms with van der Waals surface area (Å²) in [5, 5.41) is 0. The molecule has 1 heterocycles. The van der Waals surface area contributed by atoms with Crippen LogP contribution in [0.15, 0.2) is 48.5 Å². The van der Waals surface area contributed by atoms with Crippen molar-refractivity contribution in [3.63, 3.8) is 0 Å². The predicted octanol–water partition coefficient (Wildman–Crippen LogP) is 3.34. The van der Waals surface area contributed by atoms with E-state index in [2.05, 4.69) is 5.48 Å². The molecule has 1 unspecified atom stereocenters. The number of alkyl halides is 3. The molecule has 142 valence electrons. The molecule has 0 aliphatic carbocycles. The molecule has 8 heteroatoms. The molecule has 0 spiro atoms. The molecule has 1 aliphatic heterocycles. The predicted molar refractivity (Wildman–Crippen MR) is 92.0 cm³/mol. The van der Waals surface area contributed by atoms with Gasteiger partial charge >= 0.3 is 6.18 Å². The SMILES string of the molecule is CC(ONC(=O)c1cccc(C(F)(F)F)c1)C(=O)N1CCc2ccccc21. The molecule has 1 N–H and O–H groups in total. The molecule has 2 aromatic rings. The minimum atomic E-state index is -4.55. The van der Waals surface area contributed by atoms with Gasteiger partial charge in [0.05, 0.1) is 5.56 Å². The topological polar surface area (TPSA) is 58.6 Å². The summed E-state index contributed by atoms with van der Waals surface area (Å²) in [5.74, 6) is -1.20. The number of nitrogens with zero attached hydrogens (tertiary/aromatic N) is 1. The number of hydrogen-bond acceptors (Lipinski definition) is 3.